The molecule has 1 heterocycles. The Hall–Kier alpha value is -0.930. The van der Waals surface area contributed by atoms with Gasteiger partial charge in [-0.2, -0.15) is 0 Å². The van der Waals surface area contributed by atoms with Crippen molar-refractivity contribution in [2.75, 3.05) is 20.6 Å². The van der Waals surface area contributed by atoms with Gasteiger partial charge in [-0.15, -0.1) is 0 Å². The van der Waals surface area contributed by atoms with E-state index in [9.17, 15) is 0 Å². The van der Waals surface area contributed by atoms with Crippen LogP contribution >= 0.6 is 0 Å². The molecular formula is C16H29N3. The molecule has 2 atom stereocenters. The zero-order valence-corrected chi connectivity index (χ0v) is 13.5. The molecule has 108 valence electrons. The second-order valence-corrected chi connectivity index (χ2v) is 5.96. The molecule has 3 heteroatoms. The smallest absolute Gasteiger partial charge is 0.0426 e. The maximum atomic E-state index is 4.59. The van der Waals surface area contributed by atoms with E-state index in [1.807, 2.05) is 0 Å². The minimum Gasteiger partial charge on any atom is -0.309 e. The first-order valence-electron chi connectivity index (χ1n) is 7.16. The minimum absolute atomic E-state index is 0.352. The molecule has 0 radical (unpaired) electrons. The largest absolute Gasteiger partial charge is 0.309 e. The van der Waals surface area contributed by atoms with Crippen LogP contribution in [0.1, 0.15) is 48.8 Å². The molecular weight excluding hydrogens is 234 g/mol. The third-order valence-electron chi connectivity index (χ3n) is 3.56. The summed E-state index contributed by atoms with van der Waals surface area (Å²) in [5.41, 5.74) is 4.94. The number of nitrogens with zero attached hydrogens (tertiary/aromatic N) is 2. The van der Waals surface area contributed by atoms with Crippen molar-refractivity contribution >= 4 is 0 Å². The molecule has 0 aliphatic heterocycles. The number of hydrogen-bond donors (Lipinski definition) is 1. The van der Waals surface area contributed by atoms with Gasteiger partial charge in [0.15, 0.2) is 0 Å². The summed E-state index contributed by atoms with van der Waals surface area (Å²) in [4.78, 5) is 6.82. The number of pyridine rings is 1. The van der Waals surface area contributed by atoms with Crippen LogP contribution in [0.5, 0.6) is 0 Å². The molecule has 1 rings (SSSR count). The van der Waals surface area contributed by atoms with Crippen molar-refractivity contribution in [1.29, 1.82) is 0 Å². The lowest BCUT2D eigenvalue weighted by molar-refractivity contribution is 0.354. The van der Waals surface area contributed by atoms with Crippen LogP contribution < -0.4 is 5.32 Å². The van der Waals surface area contributed by atoms with Crippen LogP contribution in [0.2, 0.25) is 0 Å². The summed E-state index contributed by atoms with van der Waals surface area (Å²) in [6, 6.07) is 3.04. The molecule has 0 spiro atoms. The molecule has 2 unspecified atom stereocenters. The monoisotopic (exact) mass is 263 g/mol. The van der Waals surface area contributed by atoms with Crippen LogP contribution in [0.25, 0.3) is 0 Å². The van der Waals surface area contributed by atoms with Crippen LogP contribution in [0.4, 0.5) is 0 Å². The second kappa shape index (κ2) is 7.01. The zero-order valence-electron chi connectivity index (χ0n) is 13.5. The Labute approximate surface area is 118 Å². The predicted molar refractivity (Wildman–Crippen MR) is 82.6 cm³/mol. The van der Waals surface area contributed by atoms with Crippen molar-refractivity contribution in [2.24, 2.45) is 0 Å². The average Bonchev–Trinajstić information content (AvgIpc) is 2.24. The molecule has 1 N–H and O–H groups in total. The van der Waals surface area contributed by atoms with E-state index in [1.165, 1.54) is 11.1 Å². The topological polar surface area (TPSA) is 28.2 Å². The third-order valence-corrected chi connectivity index (χ3v) is 3.56. The van der Waals surface area contributed by atoms with E-state index in [1.54, 1.807) is 0 Å². The van der Waals surface area contributed by atoms with Gasteiger partial charge in [0.25, 0.3) is 0 Å². The van der Waals surface area contributed by atoms with Gasteiger partial charge in [0.1, 0.15) is 0 Å². The summed E-state index contributed by atoms with van der Waals surface area (Å²) in [5, 5.41) is 3.69. The molecule has 3 nitrogen and oxygen atoms in total. The van der Waals surface area contributed by atoms with E-state index in [2.05, 4.69) is 70.0 Å². The van der Waals surface area contributed by atoms with Crippen LogP contribution in [0, 0.1) is 20.8 Å². The van der Waals surface area contributed by atoms with E-state index < -0.39 is 0 Å². The van der Waals surface area contributed by atoms with Crippen LogP contribution in [-0.2, 0) is 0 Å². The van der Waals surface area contributed by atoms with Gasteiger partial charge < -0.3 is 10.2 Å². The van der Waals surface area contributed by atoms with Gasteiger partial charge in [0.05, 0.1) is 0 Å². The Kier molecular flexibility index (Phi) is 5.95. The molecule has 1 aromatic rings. The number of aromatic nitrogens is 1. The highest BCUT2D eigenvalue weighted by Gasteiger charge is 2.15. The SMILES string of the molecule is Cc1cc(C)c(C(C)NC(C)CCN(C)C)c(C)n1. The molecule has 0 bridgehead atoms. The van der Waals surface area contributed by atoms with E-state index in [-0.39, 0.29) is 0 Å². The summed E-state index contributed by atoms with van der Waals surface area (Å²) < 4.78 is 0. The lowest BCUT2D eigenvalue weighted by Crippen LogP contribution is -2.32. The van der Waals surface area contributed by atoms with Crippen LogP contribution in [-0.4, -0.2) is 36.6 Å². The summed E-state index contributed by atoms with van der Waals surface area (Å²) in [6.07, 6.45) is 1.16. The Balaban J connectivity index is 2.70. The van der Waals surface area contributed by atoms with E-state index in [0.29, 0.717) is 12.1 Å². The Morgan fingerprint density at radius 2 is 1.84 bits per heavy atom. The number of aryl methyl sites for hydroxylation is 3. The minimum atomic E-state index is 0.352. The molecule has 0 amide bonds. The van der Waals surface area contributed by atoms with Gasteiger partial charge in [0.2, 0.25) is 0 Å². The molecule has 1 aromatic heterocycles. The maximum absolute atomic E-state index is 4.59. The quantitative estimate of drug-likeness (QED) is 0.855. The number of rotatable bonds is 6. The normalized spacial score (nSPS) is 14.7. The lowest BCUT2D eigenvalue weighted by Gasteiger charge is -2.24. The highest BCUT2D eigenvalue weighted by molar-refractivity contribution is 5.33. The van der Waals surface area contributed by atoms with E-state index in [4.69, 9.17) is 0 Å². The average molecular weight is 263 g/mol. The van der Waals surface area contributed by atoms with Crippen molar-refractivity contribution in [1.82, 2.24) is 15.2 Å². The fraction of sp³-hybridized carbons (Fsp3) is 0.688. The Bertz CT molecular complexity index is 389. The van der Waals surface area contributed by atoms with Crippen molar-refractivity contribution in [3.63, 3.8) is 0 Å². The van der Waals surface area contributed by atoms with Gasteiger partial charge in [0, 0.05) is 23.5 Å². The van der Waals surface area contributed by atoms with Crippen molar-refractivity contribution in [2.45, 2.75) is 53.1 Å². The molecule has 0 aliphatic carbocycles. The van der Waals surface area contributed by atoms with Crippen LogP contribution in [0.3, 0.4) is 0 Å². The molecule has 19 heavy (non-hydrogen) atoms. The summed E-state index contributed by atoms with van der Waals surface area (Å²) in [5.74, 6) is 0. The van der Waals surface area contributed by atoms with Gasteiger partial charge in [-0.3, -0.25) is 4.98 Å². The summed E-state index contributed by atoms with van der Waals surface area (Å²) in [6.45, 7) is 12.0. The van der Waals surface area contributed by atoms with E-state index in [0.717, 1.165) is 24.4 Å². The van der Waals surface area contributed by atoms with Crippen molar-refractivity contribution < 1.29 is 0 Å². The van der Waals surface area contributed by atoms with Crippen molar-refractivity contribution in [3.8, 4) is 0 Å². The van der Waals surface area contributed by atoms with Gasteiger partial charge in [-0.25, -0.2) is 0 Å². The highest BCUT2D eigenvalue weighted by Crippen LogP contribution is 2.21. The first-order valence-corrected chi connectivity index (χ1v) is 7.16. The third kappa shape index (κ3) is 4.92. The van der Waals surface area contributed by atoms with E-state index >= 15 is 0 Å². The fourth-order valence-corrected chi connectivity index (χ4v) is 2.73. The highest BCUT2D eigenvalue weighted by atomic mass is 15.1. The van der Waals surface area contributed by atoms with Crippen molar-refractivity contribution in [3.05, 3.63) is 28.6 Å². The molecule has 0 saturated carbocycles. The first kappa shape index (κ1) is 16.1. The van der Waals surface area contributed by atoms with Crippen LogP contribution in [0.15, 0.2) is 6.07 Å². The Morgan fingerprint density at radius 3 is 2.37 bits per heavy atom. The molecule has 0 saturated heterocycles. The predicted octanol–water partition coefficient (Wildman–Crippen LogP) is 3.00. The summed E-state index contributed by atoms with van der Waals surface area (Å²) >= 11 is 0. The first-order chi connectivity index (χ1) is 8.81. The lowest BCUT2D eigenvalue weighted by atomic mass is 9.99. The van der Waals surface area contributed by atoms with Gasteiger partial charge >= 0.3 is 0 Å². The fourth-order valence-electron chi connectivity index (χ4n) is 2.73. The summed E-state index contributed by atoms with van der Waals surface area (Å²) in [7, 11) is 4.24. The molecule has 0 aliphatic rings. The number of nitrogens with one attached hydrogen (secondary N) is 1. The Morgan fingerprint density at radius 1 is 1.21 bits per heavy atom. The maximum Gasteiger partial charge on any atom is 0.0426 e. The molecule has 0 aromatic carbocycles. The zero-order chi connectivity index (χ0) is 14.6. The molecule has 0 fully saturated rings. The standard InChI is InChI=1S/C16H29N3/c1-11-10-13(3)18-15(5)16(11)14(4)17-12(2)8-9-19(6)7/h10,12,14,17H,8-9H2,1-7H3. The van der Waals surface area contributed by atoms with Gasteiger partial charge in [-0.1, -0.05) is 0 Å². The van der Waals surface area contributed by atoms with Gasteiger partial charge in [-0.05, 0) is 78.9 Å². The number of hydrogen-bond acceptors (Lipinski definition) is 3. The second-order valence-electron chi connectivity index (χ2n) is 5.96.